The summed E-state index contributed by atoms with van der Waals surface area (Å²) in [5.41, 5.74) is 0.595. The van der Waals surface area contributed by atoms with E-state index in [0.717, 1.165) is 45.6 Å². The van der Waals surface area contributed by atoms with Gasteiger partial charge in [-0.3, -0.25) is 4.79 Å². The number of rotatable bonds is 6. The van der Waals surface area contributed by atoms with Crippen LogP contribution in [0.4, 0.5) is 0 Å². The molecule has 106 valence electrons. The number of piperidine rings is 1. The van der Waals surface area contributed by atoms with Crippen LogP contribution in [-0.4, -0.2) is 50.7 Å². The van der Waals surface area contributed by atoms with Gasteiger partial charge < -0.3 is 19.4 Å². The normalized spacial score (nSPS) is 17.5. The van der Waals surface area contributed by atoms with Gasteiger partial charge in [-0.1, -0.05) is 0 Å². The predicted molar refractivity (Wildman–Crippen MR) is 72.1 cm³/mol. The maximum atomic E-state index is 11.8. The van der Waals surface area contributed by atoms with Gasteiger partial charge in [0.05, 0.1) is 18.4 Å². The molecule has 0 aromatic carbocycles. The summed E-state index contributed by atoms with van der Waals surface area (Å²) in [5, 5.41) is 2.97. The fourth-order valence-corrected chi connectivity index (χ4v) is 2.37. The first-order chi connectivity index (χ1) is 9.29. The summed E-state index contributed by atoms with van der Waals surface area (Å²) in [6.45, 7) is 4.74. The number of carbonyl (C=O) groups excluding carboxylic acids is 1. The molecule has 1 aliphatic heterocycles. The molecule has 0 saturated carbocycles. The number of likely N-dealkylation sites (tertiary alicyclic amines) is 1. The van der Waals surface area contributed by atoms with E-state index in [1.807, 2.05) is 0 Å². The first-order valence-corrected chi connectivity index (χ1v) is 6.81. The van der Waals surface area contributed by atoms with Crippen molar-refractivity contribution in [1.29, 1.82) is 0 Å². The third-order valence-electron chi connectivity index (χ3n) is 3.65. The van der Waals surface area contributed by atoms with Gasteiger partial charge in [-0.2, -0.15) is 0 Å². The monoisotopic (exact) mass is 266 g/mol. The predicted octanol–water partition coefficient (Wildman–Crippen LogP) is 1.37. The number of hydrogen-bond acceptors (Lipinski definition) is 4. The molecule has 0 atom stereocenters. The molecule has 0 spiro atoms. The van der Waals surface area contributed by atoms with Crippen LogP contribution in [0.3, 0.4) is 0 Å². The Bertz CT molecular complexity index is 370. The lowest BCUT2D eigenvalue weighted by atomic mass is 9.97. The summed E-state index contributed by atoms with van der Waals surface area (Å²) in [5.74, 6) is 0.533. The van der Waals surface area contributed by atoms with Crippen molar-refractivity contribution in [3.63, 3.8) is 0 Å². The van der Waals surface area contributed by atoms with Crippen LogP contribution in [0.25, 0.3) is 0 Å². The van der Waals surface area contributed by atoms with Crippen LogP contribution in [-0.2, 0) is 4.74 Å². The molecule has 2 rings (SSSR count). The van der Waals surface area contributed by atoms with Crippen LogP contribution >= 0.6 is 0 Å². The molecule has 1 aromatic heterocycles. The minimum absolute atomic E-state index is 0.0458. The highest BCUT2D eigenvalue weighted by Gasteiger charge is 2.19. The molecule has 1 amide bonds. The van der Waals surface area contributed by atoms with Crippen LogP contribution in [0.2, 0.25) is 0 Å². The topological polar surface area (TPSA) is 54.7 Å². The molecule has 1 saturated heterocycles. The quantitative estimate of drug-likeness (QED) is 0.845. The smallest absolute Gasteiger partial charge is 0.254 e. The molecule has 1 N–H and O–H groups in total. The Hall–Kier alpha value is -1.33. The largest absolute Gasteiger partial charge is 0.472 e. The Labute approximate surface area is 113 Å². The van der Waals surface area contributed by atoms with Crippen LogP contribution in [0.5, 0.6) is 0 Å². The van der Waals surface area contributed by atoms with Gasteiger partial charge in [0.25, 0.3) is 5.91 Å². The van der Waals surface area contributed by atoms with Crippen molar-refractivity contribution in [2.45, 2.75) is 12.8 Å². The second-order valence-corrected chi connectivity index (χ2v) is 5.00. The number of ether oxygens (including phenoxy) is 1. The van der Waals surface area contributed by atoms with Crippen molar-refractivity contribution in [3.8, 4) is 0 Å². The van der Waals surface area contributed by atoms with E-state index in [9.17, 15) is 4.79 Å². The number of amides is 1. The van der Waals surface area contributed by atoms with Crippen molar-refractivity contribution in [3.05, 3.63) is 24.2 Å². The minimum atomic E-state index is -0.0458. The van der Waals surface area contributed by atoms with Gasteiger partial charge in [0.15, 0.2) is 0 Å². The van der Waals surface area contributed by atoms with Gasteiger partial charge in [0.2, 0.25) is 0 Å². The first-order valence-electron chi connectivity index (χ1n) is 6.81. The molecule has 0 radical (unpaired) electrons. The van der Waals surface area contributed by atoms with Crippen molar-refractivity contribution in [1.82, 2.24) is 10.2 Å². The van der Waals surface area contributed by atoms with Crippen LogP contribution in [0.15, 0.2) is 23.0 Å². The van der Waals surface area contributed by atoms with Crippen molar-refractivity contribution in [2.24, 2.45) is 5.92 Å². The lowest BCUT2D eigenvalue weighted by molar-refractivity contribution is 0.0925. The highest BCUT2D eigenvalue weighted by Crippen LogP contribution is 2.16. The average molecular weight is 266 g/mol. The average Bonchev–Trinajstić information content (AvgIpc) is 2.98. The summed E-state index contributed by atoms with van der Waals surface area (Å²) in [4.78, 5) is 14.2. The van der Waals surface area contributed by atoms with Gasteiger partial charge >= 0.3 is 0 Å². The Morgan fingerprint density at radius 1 is 1.53 bits per heavy atom. The van der Waals surface area contributed by atoms with E-state index in [1.54, 1.807) is 13.2 Å². The minimum Gasteiger partial charge on any atom is -0.472 e. The summed E-state index contributed by atoms with van der Waals surface area (Å²) < 4.78 is 9.98. The van der Waals surface area contributed by atoms with E-state index in [-0.39, 0.29) is 5.91 Å². The van der Waals surface area contributed by atoms with Crippen LogP contribution in [0, 0.1) is 5.92 Å². The Balaban J connectivity index is 1.64. The number of carbonyl (C=O) groups is 1. The summed E-state index contributed by atoms with van der Waals surface area (Å²) in [6, 6.07) is 1.68. The summed E-state index contributed by atoms with van der Waals surface area (Å²) >= 11 is 0. The Morgan fingerprint density at radius 2 is 2.32 bits per heavy atom. The molecule has 5 heteroatoms. The molecule has 1 aromatic rings. The number of methoxy groups -OCH3 is 1. The molecule has 1 fully saturated rings. The molecular weight excluding hydrogens is 244 g/mol. The lowest BCUT2D eigenvalue weighted by Crippen LogP contribution is -2.39. The second-order valence-electron chi connectivity index (χ2n) is 5.00. The van der Waals surface area contributed by atoms with Crippen LogP contribution in [0.1, 0.15) is 23.2 Å². The Morgan fingerprint density at radius 3 is 2.95 bits per heavy atom. The standard InChI is InChI=1S/C14H22N2O3/c1-18-9-7-16-5-2-12(3-6-16)10-15-14(17)13-4-8-19-11-13/h4,8,11-12H,2-3,5-7,9-10H2,1H3,(H,15,17). The summed E-state index contributed by atoms with van der Waals surface area (Å²) in [6.07, 6.45) is 5.26. The number of nitrogens with one attached hydrogen (secondary N) is 1. The maximum Gasteiger partial charge on any atom is 0.254 e. The highest BCUT2D eigenvalue weighted by molar-refractivity contribution is 5.93. The van der Waals surface area contributed by atoms with E-state index in [0.29, 0.717) is 11.5 Å². The highest BCUT2D eigenvalue weighted by atomic mass is 16.5. The van der Waals surface area contributed by atoms with E-state index in [2.05, 4.69) is 10.2 Å². The van der Waals surface area contributed by atoms with Gasteiger partial charge in [-0.25, -0.2) is 0 Å². The van der Waals surface area contributed by atoms with Gasteiger partial charge in [-0.05, 0) is 37.9 Å². The van der Waals surface area contributed by atoms with Crippen molar-refractivity contribution in [2.75, 3.05) is 39.9 Å². The van der Waals surface area contributed by atoms with Gasteiger partial charge in [0, 0.05) is 20.2 Å². The van der Waals surface area contributed by atoms with Gasteiger partial charge in [-0.15, -0.1) is 0 Å². The molecule has 0 bridgehead atoms. The number of nitrogens with zero attached hydrogens (tertiary/aromatic N) is 1. The maximum absolute atomic E-state index is 11.8. The summed E-state index contributed by atoms with van der Waals surface area (Å²) in [7, 11) is 1.73. The van der Waals surface area contributed by atoms with E-state index < -0.39 is 0 Å². The molecule has 1 aliphatic rings. The third kappa shape index (κ3) is 4.36. The molecule has 5 nitrogen and oxygen atoms in total. The first kappa shape index (κ1) is 14.1. The fraction of sp³-hybridized carbons (Fsp3) is 0.643. The third-order valence-corrected chi connectivity index (χ3v) is 3.65. The molecular formula is C14H22N2O3. The zero-order valence-corrected chi connectivity index (χ0v) is 11.4. The zero-order valence-electron chi connectivity index (χ0n) is 11.4. The number of hydrogen-bond donors (Lipinski definition) is 1. The SMILES string of the molecule is COCCN1CCC(CNC(=O)c2ccoc2)CC1. The molecule has 19 heavy (non-hydrogen) atoms. The molecule has 2 heterocycles. The second kappa shape index (κ2) is 7.31. The number of furan rings is 1. The van der Waals surface area contributed by atoms with Gasteiger partial charge in [0.1, 0.15) is 6.26 Å². The lowest BCUT2D eigenvalue weighted by Gasteiger charge is -2.31. The van der Waals surface area contributed by atoms with E-state index >= 15 is 0 Å². The zero-order chi connectivity index (χ0) is 13.5. The van der Waals surface area contributed by atoms with Crippen LogP contribution < -0.4 is 5.32 Å². The molecule has 0 aliphatic carbocycles. The molecule has 0 unspecified atom stereocenters. The van der Waals surface area contributed by atoms with E-state index in [4.69, 9.17) is 9.15 Å². The van der Waals surface area contributed by atoms with Crippen molar-refractivity contribution >= 4 is 5.91 Å². The Kier molecular flexibility index (Phi) is 5.42. The van der Waals surface area contributed by atoms with E-state index in [1.165, 1.54) is 12.5 Å². The van der Waals surface area contributed by atoms with Crippen molar-refractivity contribution < 1.29 is 13.9 Å². The fourth-order valence-electron chi connectivity index (χ4n) is 2.37.